The summed E-state index contributed by atoms with van der Waals surface area (Å²) in [6.07, 6.45) is 2.60. The van der Waals surface area contributed by atoms with Crippen LogP contribution in [0.25, 0.3) is 0 Å². The molecule has 1 aromatic rings. The van der Waals surface area contributed by atoms with Gasteiger partial charge in [-0.05, 0) is 12.8 Å². The number of carbonyl (C=O) groups is 2. The summed E-state index contributed by atoms with van der Waals surface area (Å²) < 4.78 is 5.26. The molecule has 0 aliphatic carbocycles. The van der Waals surface area contributed by atoms with E-state index in [1.54, 1.807) is 0 Å². The fraction of sp³-hybridized carbons (Fsp3) is 0.455. The number of rotatable bonds is 4. The number of aromatic nitrogens is 2. The van der Waals surface area contributed by atoms with Crippen molar-refractivity contribution in [2.45, 2.75) is 25.0 Å². The van der Waals surface area contributed by atoms with E-state index in [2.05, 4.69) is 15.3 Å². The predicted octanol–water partition coefficient (Wildman–Crippen LogP) is 0.492. The van der Waals surface area contributed by atoms with Gasteiger partial charge in [0.05, 0.1) is 18.5 Å². The zero-order chi connectivity index (χ0) is 13.8. The van der Waals surface area contributed by atoms with Crippen molar-refractivity contribution in [1.29, 1.82) is 0 Å². The summed E-state index contributed by atoms with van der Waals surface area (Å²) in [5.41, 5.74) is 0.111. The molecule has 2 atom stereocenters. The summed E-state index contributed by atoms with van der Waals surface area (Å²) in [4.78, 5) is 30.0. The van der Waals surface area contributed by atoms with E-state index >= 15 is 0 Å². The molecule has 0 radical (unpaired) electrons. The zero-order valence-corrected chi connectivity index (χ0v) is 10.6. The number of aliphatic carboxylic acids is 1. The van der Waals surface area contributed by atoms with E-state index < -0.39 is 18.0 Å². The van der Waals surface area contributed by atoms with Crippen LogP contribution in [0.4, 0.5) is 0 Å². The molecule has 1 saturated heterocycles. The highest BCUT2D eigenvalue weighted by Gasteiger charge is 2.30. The molecule has 2 N–H and O–H groups in total. The first-order chi connectivity index (χ1) is 9.06. The predicted molar refractivity (Wildman–Crippen MR) is 64.9 cm³/mol. The van der Waals surface area contributed by atoms with Gasteiger partial charge in [0.1, 0.15) is 10.8 Å². The van der Waals surface area contributed by atoms with Gasteiger partial charge in [0.2, 0.25) is 0 Å². The smallest absolute Gasteiger partial charge is 0.332 e. The van der Waals surface area contributed by atoms with Gasteiger partial charge in [-0.15, -0.1) is 0 Å². The topological polar surface area (TPSA) is 101 Å². The van der Waals surface area contributed by atoms with Crippen LogP contribution in [0.15, 0.2) is 12.4 Å². The highest BCUT2D eigenvalue weighted by atomic mass is 35.5. The lowest BCUT2D eigenvalue weighted by molar-refractivity contribution is -0.149. The van der Waals surface area contributed by atoms with Crippen molar-refractivity contribution in [3.05, 3.63) is 23.2 Å². The Hall–Kier alpha value is -1.73. The number of ether oxygens (including phenoxy) is 1. The van der Waals surface area contributed by atoms with Crippen LogP contribution >= 0.6 is 11.6 Å². The molecule has 102 valence electrons. The van der Waals surface area contributed by atoms with Crippen molar-refractivity contribution in [2.75, 3.05) is 6.54 Å². The quantitative estimate of drug-likeness (QED) is 0.835. The summed E-state index contributed by atoms with van der Waals surface area (Å²) in [6.45, 7) is 0.233. The van der Waals surface area contributed by atoms with Crippen molar-refractivity contribution in [3.63, 3.8) is 0 Å². The monoisotopic (exact) mass is 285 g/mol. The van der Waals surface area contributed by atoms with Gasteiger partial charge in [0.25, 0.3) is 5.91 Å². The van der Waals surface area contributed by atoms with E-state index in [9.17, 15) is 9.59 Å². The number of hydrogen-bond donors (Lipinski definition) is 2. The Kier molecular flexibility index (Phi) is 4.28. The summed E-state index contributed by atoms with van der Waals surface area (Å²) >= 11 is 5.63. The molecule has 1 aromatic heterocycles. The first-order valence-electron chi connectivity index (χ1n) is 5.70. The molecular weight excluding hydrogens is 274 g/mol. The molecule has 2 heterocycles. The fourth-order valence-corrected chi connectivity index (χ4v) is 1.93. The van der Waals surface area contributed by atoms with E-state index in [-0.39, 0.29) is 23.5 Å². The molecule has 2 unspecified atom stereocenters. The molecule has 0 aromatic carbocycles. The first-order valence-corrected chi connectivity index (χ1v) is 6.08. The Balaban J connectivity index is 1.83. The van der Waals surface area contributed by atoms with Crippen LogP contribution in [0.3, 0.4) is 0 Å². The Morgan fingerprint density at radius 3 is 2.89 bits per heavy atom. The molecule has 0 bridgehead atoms. The van der Waals surface area contributed by atoms with Gasteiger partial charge in [0.15, 0.2) is 6.10 Å². The van der Waals surface area contributed by atoms with Gasteiger partial charge in [-0.1, -0.05) is 11.6 Å². The average molecular weight is 286 g/mol. The molecule has 2 rings (SSSR count). The summed E-state index contributed by atoms with van der Waals surface area (Å²) in [5.74, 6) is -1.40. The Bertz CT molecular complexity index is 497. The van der Waals surface area contributed by atoms with Gasteiger partial charge in [-0.25, -0.2) is 9.78 Å². The van der Waals surface area contributed by atoms with E-state index in [1.165, 1.54) is 12.4 Å². The maximum atomic E-state index is 11.7. The second-order valence-corrected chi connectivity index (χ2v) is 4.49. The van der Waals surface area contributed by atoms with Crippen molar-refractivity contribution in [3.8, 4) is 0 Å². The Labute approximate surface area is 114 Å². The standard InChI is InChI=1S/C11H12ClN3O4/c12-9-5-13-4-7(15-9)10(16)14-3-6-1-2-8(19-6)11(17)18/h4-6,8H,1-3H2,(H,14,16)(H,17,18). The molecule has 1 aliphatic rings. The normalized spacial score (nSPS) is 22.2. The number of halogens is 1. The Morgan fingerprint density at radius 1 is 1.47 bits per heavy atom. The Morgan fingerprint density at radius 2 is 2.26 bits per heavy atom. The zero-order valence-electron chi connectivity index (χ0n) is 9.88. The lowest BCUT2D eigenvalue weighted by Gasteiger charge is -2.11. The lowest BCUT2D eigenvalue weighted by atomic mass is 10.2. The number of carboxylic acid groups (broad SMARTS) is 1. The number of hydrogen-bond acceptors (Lipinski definition) is 5. The van der Waals surface area contributed by atoms with E-state index in [1.807, 2.05) is 0 Å². The number of carboxylic acids is 1. The largest absolute Gasteiger partial charge is 0.479 e. The molecule has 1 amide bonds. The van der Waals surface area contributed by atoms with Crippen LogP contribution in [0, 0.1) is 0 Å². The first kappa shape index (κ1) is 13.7. The van der Waals surface area contributed by atoms with Crippen molar-refractivity contribution in [1.82, 2.24) is 15.3 Å². The minimum absolute atomic E-state index is 0.111. The fourth-order valence-electron chi connectivity index (χ4n) is 1.79. The SMILES string of the molecule is O=C(NCC1CCC(C(=O)O)O1)c1cncc(Cl)n1. The highest BCUT2D eigenvalue weighted by Crippen LogP contribution is 2.19. The molecule has 8 heteroatoms. The van der Waals surface area contributed by atoms with Gasteiger partial charge in [-0.3, -0.25) is 9.78 Å². The number of amides is 1. The number of nitrogens with one attached hydrogen (secondary N) is 1. The minimum atomic E-state index is -0.977. The van der Waals surface area contributed by atoms with Crippen LogP contribution in [-0.4, -0.2) is 45.7 Å². The summed E-state index contributed by atoms with van der Waals surface area (Å²) in [5, 5.41) is 11.5. The lowest BCUT2D eigenvalue weighted by Crippen LogP contribution is -2.33. The minimum Gasteiger partial charge on any atom is -0.479 e. The maximum absolute atomic E-state index is 11.7. The van der Waals surface area contributed by atoms with Crippen LogP contribution in [0.2, 0.25) is 5.15 Å². The molecule has 1 fully saturated rings. The second kappa shape index (κ2) is 5.94. The van der Waals surface area contributed by atoms with Crippen molar-refractivity contribution >= 4 is 23.5 Å². The van der Waals surface area contributed by atoms with Crippen LogP contribution in [0.5, 0.6) is 0 Å². The average Bonchev–Trinajstić information content (AvgIpc) is 2.85. The number of nitrogens with zero attached hydrogens (tertiary/aromatic N) is 2. The van der Waals surface area contributed by atoms with E-state index in [0.717, 1.165) is 0 Å². The van der Waals surface area contributed by atoms with Gasteiger partial charge >= 0.3 is 5.97 Å². The third-order valence-electron chi connectivity index (χ3n) is 2.71. The second-order valence-electron chi connectivity index (χ2n) is 4.10. The third-order valence-corrected chi connectivity index (χ3v) is 2.89. The van der Waals surface area contributed by atoms with Crippen molar-refractivity contribution in [2.24, 2.45) is 0 Å². The summed E-state index contributed by atoms with van der Waals surface area (Å²) in [6, 6.07) is 0. The molecule has 0 spiro atoms. The highest BCUT2D eigenvalue weighted by molar-refractivity contribution is 6.29. The maximum Gasteiger partial charge on any atom is 0.332 e. The number of carbonyl (C=O) groups excluding carboxylic acids is 1. The van der Waals surface area contributed by atoms with Crippen LogP contribution < -0.4 is 5.32 Å². The molecule has 1 aliphatic heterocycles. The molecular formula is C11H12ClN3O4. The van der Waals surface area contributed by atoms with Crippen LogP contribution in [-0.2, 0) is 9.53 Å². The van der Waals surface area contributed by atoms with E-state index in [0.29, 0.717) is 12.8 Å². The van der Waals surface area contributed by atoms with Crippen molar-refractivity contribution < 1.29 is 19.4 Å². The molecule has 0 saturated carbocycles. The van der Waals surface area contributed by atoms with E-state index in [4.69, 9.17) is 21.4 Å². The van der Waals surface area contributed by atoms with Gasteiger partial charge < -0.3 is 15.2 Å². The molecule has 7 nitrogen and oxygen atoms in total. The third kappa shape index (κ3) is 3.62. The molecule has 19 heavy (non-hydrogen) atoms. The summed E-state index contributed by atoms with van der Waals surface area (Å²) in [7, 11) is 0. The van der Waals surface area contributed by atoms with Crippen LogP contribution in [0.1, 0.15) is 23.3 Å². The van der Waals surface area contributed by atoms with Gasteiger partial charge in [-0.2, -0.15) is 0 Å². The van der Waals surface area contributed by atoms with Gasteiger partial charge in [0, 0.05) is 6.54 Å².